The van der Waals surface area contributed by atoms with Crippen LogP contribution in [0, 0.1) is 65.1 Å². The molecule has 5 saturated carbocycles. The lowest BCUT2D eigenvalue weighted by Gasteiger charge is -2.42. The largest absolute Gasteiger partial charge is 0.0991 e. The molecule has 7 aliphatic rings. The van der Waals surface area contributed by atoms with Crippen LogP contribution in [0.2, 0.25) is 0 Å². The highest BCUT2D eigenvalue weighted by Crippen LogP contribution is 2.52. The second-order valence-electron chi connectivity index (χ2n) is 30.9. The summed E-state index contributed by atoms with van der Waals surface area (Å²) >= 11 is 0. The minimum absolute atomic E-state index is 0.566. The van der Waals surface area contributed by atoms with E-state index in [1.54, 1.807) is 22.3 Å². The summed E-state index contributed by atoms with van der Waals surface area (Å²) in [6.07, 6.45) is 70.6. The van der Waals surface area contributed by atoms with Crippen LogP contribution in [-0.2, 0) is 0 Å². The first-order valence-electron chi connectivity index (χ1n) is 38.7. The van der Waals surface area contributed by atoms with E-state index in [2.05, 4.69) is 176 Å². The van der Waals surface area contributed by atoms with Gasteiger partial charge in [0.1, 0.15) is 0 Å². The van der Waals surface area contributed by atoms with Crippen molar-refractivity contribution in [3.8, 4) is 11.1 Å². The van der Waals surface area contributed by atoms with Gasteiger partial charge >= 0.3 is 0 Å². The minimum Gasteiger partial charge on any atom is -0.0991 e. The molecule has 7 aliphatic carbocycles. The van der Waals surface area contributed by atoms with Gasteiger partial charge in [0.2, 0.25) is 0 Å². The summed E-state index contributed by atoms with van der Waals surface area (Å²) in [5, 5.41) is 0. The van der Waals surface area contributed by atoms with E-state index in [1.165, 1.54) is 256 Å². The third-order valence-electron chi connectivity index (χ3n) is 24.8. The maximum absolute atomic E-state index is 4.44. The van der Waals surface area contributed by atoms with Crippen LogP contribution in [0.3, 0.4) is 0 Å². The van der Waals surface area contributed by atoms with Crippen LogP contribution in [0.1, 0.15) is 306 Å². The van der Waals surface area contributed by atoms with E-state index in [1.807, 2.05) is 11.6 Å². The van der Waals surface area contributed by atoms with Gasteiger partial charge in [-0.2, -0.15) is 0 Å². The SMILES string of the molecule is C=C/C=C(\C=C/CC/C=C(\C(=C/C=C)C1CCC(CCC)CC1)c1cc(-c2ccc(C3=C(C4CC(CCC)CCC4CC4C=C(c5ccc(C6CCC(CC)CC6)cc5)C=CC4)CC(CCC)CC3)cc2)ccc1C1CCC(CCC)CC1)C1CCC(C)CC1. The third-order valence-corrected chi connectivity index (χ3v) is 24.8. The smallest absolute Gasteiger partial charge is 0.0143 e. The van der Waals surface area contributed by atoms with E-state index in [0.717, 1.165) is 60.2 Å². The Bertz CT molecular complexity index is 2920. The van der Waals surface area contributed by atoms with Gasteiger partial charge in [0.05, 0.1) is 0 Å². The van der Waals surface area contributed by atoms with Gasteiger partial charge in [0.15, 0.2) is 0 Å². The fraction of sp³-hybridized carbons (Fsp3) is 0.600. The summed E-state index contributed by atoms with van der Waals surface area (Å²) in [4.78, 5) is 0. The summed E-state index contributed by atoms with van der Waals surface area (Å²) in [6, 6.07) is 28.0. The van der Waals surface area contributed by atoms with Gasteiger partial charge in [0, 0.05) is 0 Å². The van der Waals surface area contributed by atoms with Crippen molar-refractivity contribution < 1.29 is 0 Å². The van der Waals surface area contributed by atoms with Gasteiger partial charge in [-0.3, -0.25) is 0 Å². The number of unbranched alkanes of at least 4 members (excludes halogenated alkanes) is 1. The number of rotatable bonds is 27. The van der Waals surface area contributed by atoms with Gasteiger partial charge in [-0.05, 0) is 297 Å². The standard InChI is InChI=1S/C90H126/c1-9-20-67-34-44-78(45-35-67)84(25-14-6)87(29-18-16-17-27-72(24-13-5)73-40-30-65(8)31-41-73)90-64-82(57-59-86(90)79-46-36-68(21-10-2)37-47-79)77-53-55-80(56-54-77)85-58-39-70(23-12-4)63-89(85)88-62-69(22-11-3)38-48-83(88)61-71-26-19-28-81(60-71)76-51-49-75(50-52-76)74-42-32-66(15-7)33-43-74/h13-14,17,19,24-25,27-29,49-57,59-60,64-71,73-74,78-79,83,88H,5-6,9-12,15-16,18,20-23,26,30-48,58,61-63H2,1-4,7-8H3/b27-17-,72-24+,84-25-,87-29+. The van der Waals surface area contributed by atoms with E-state index < -0.39 is 0 Å². The second-order valence-corrected chi connectivity index (χ2v) is 30.9. The molecule has 0 saturated heterocycles. The Hall–Kier alpha value is -4.68. The van der Waals surface area contributed by atoms with Crippen LogP contribution in [0.5, 0.6) is 0 Å². The zero-order valence-electron chi connectivity index (χ0n) is 58.3. The van der Waals surface area contributed by atoms with Crippen LogP contribution in [0.25, 0.3) is 27.8 Å². The van der Waals surface area contributed by atoms with E-state index in [0.29, 0.717) is 29.6 Å². The van der Waals surface area contributed by atoms with Crippen LogP contribution in [-0.4, -0.2) is 0 Å². The van der Waals surface area contributed by atoms with Crippen molar-refractivity contribution in [2.75, 3.05) is 0 Å². The number of hydrogen-bond acceptors (Lipinski definition) is 0. The van der Waals surface area contributed by atoms with Gasteiger partial charge in [-0.25, -0.2) is 0 Å². The normalized spacial score (nSPS) is 30.0. The fourth-order valence-corrected chi connectivity index (χ4v) is 19.5. The average molecular weight is 1210 g/mol. The monoisotopic (exact) mass is 1210 g/mol. The van der Waals surface area contributed by atoms with Crippen molar-refractivity contribution in [1.82, 2.24) is 0 Å². The Morgan fingerprint density at radius 2 is 1.14 bits per heavy atom. The molecule has 5 unspecified atom stereocenters. The van der Waals surface area contributed by atoms with Crippen molar-refractivity contribution in [3.63, 3.8) is 0 Å². The lowest BCUT2D eigenvalue weighted by Crippen LogP contribution is -2.30. The lowest BCUT2D eigenvalue weighted by atomic mass is 9.63. The molecule has 486 valence electrons. The highest BCUT2D eigenvalue weighted by atomic mass is 14.4. The predicted molar refractivity (Wildman–Crippen MR) is 396 cm³/mol. The molecule has 0 aromatic heterocycles. The summed E-state index contributed by atoms with van der Waals surface area (Å²) in [5.74, 6) is 9.84. The van der Waals surface area contributed by atoms with E-state index >= 15 is 0 Å². The second kappa shape index (κ2) is 35.0. The molecule has 0 amide bonds. The molecule has 0 aliphatic heterocycles. The zero-order chi connectivity index (χ0) is 62.6. The van der Waals surface area contributed by atoms with Gasteiger partial charge < -0.3 is 0 Å². The highest BCUT2D eigenvalue weighted by molar-refractivity contribution is 5.85. The molecule has 0 nitrogen and oxygen atoms in total. The Morgan fingerprint density at radius 1 is 0.544 bits per heavy atom. The highest BCUT2D eigenvalue weighted by Gasteiger charge is 2.38. The summed E-state index contributed by atoms with van der Waals surface area (Å²) < 4.78 is 0. The first-order chi connectivity index (χ1) is 44.2. The predicted octanol–water partition coefficient (Wildman–Crippen LogP) is 27.7. The molecule has 5 fully saturated rings. The molecule has 0 N–H and O–H groups in total. The first kappa shape index (κ1) is 68.2. The number of benzene rings is 3. The lowest BCUT2D eigenvalue weighted by molar-refractivity contribution is 0.169. The van der Waals surface area contributed by atoms with Crippen LogP contribution >= 0.6 is 0 Å². The Labute approximate surface area is 553 Å². The van der Waals surface area contributed by atoms with Crippen molar-refractivity contribution in [2.45, 2.75) is 278 Å². The molecular weight excluding hydrogens is 1080 g/mol. The first-order valence-corrected chi connectivity index (χ1v) is 38.7. The summed E-state index contributed by atoms with van der Waals surface area (Å²) in [6.45, 7) is 23.1. The van der Waals surface area contributed by atoms with Crippen molar-refractivity contribution in [2.24, 2.45) is 65.1 Å². The summed E-state index contributed by atoms with van der Waals surface area (Å²) in [7, 11) is 0. The summed E-state index contributed by atoms with van der Waals surface area (Å²) in [5.41, 5.74) is 20.0. The third kappa shape index (κ3) is 18.2. The van der Waals surface area contributed by atoms with E-state index in [4.69, 9.17) is 0 Å². The number of allylic oxidation sites excluding steroid dienone is 16. The molecule has 0 radical (unpaired) electrons. The van der Waals surface area contributed by atoms with Crippen molar-refractivity contribution >= 4 is 16.7 Å². The van der Waals surface area contributed by atoms with Gasteiger partial charge in [0.25, 0.3) is 0 Å². The van der Waals surface area contributed by atoms with Gasteiger partial charge in [-0.1, -0.05) is 259 Å². The van der Waals surface area contributed by atoms with Gasteiger partial charge in [-0.15, -0.1) is 0 Å². The van der Waals surface area contributed by atoms with Crippen LogP contribution in [0.4, 0.5) is 0 Å². The Balaban J connectivity index is 0.965. The molecule has 5 atom stereocenters. The molecule has 3 aromatic rings. The fourth-order valence-electron chi connectivity index (χ4n) is 19.5. The van der Waals surface area contributed by atoms with Crippen molar-refractivity contribution in [3.05, 3.63) is 185 Å². The average Bonchev–Trinajstić information content (AvgIpc) is 0.865. The molecular formula is C90H126. The molecule has 90 heavy (non-hydrogen) atoms. The Morgan fingerprint density at radius 3 is 1.82 bits per heavy atom. The van der Waals surface area contributed by atoms with Crippen LogP contribution < -0.4 is 0 Å². The van der Waals surface area contributed by atoms with E-state index in [9.17, 15) is 0 Å². The minimum atomic E-state index is 0.566. The molecule has 3 aromatic carbocycles. The Kier molecular flexibility index (Phi) is 26.5. The molecule has 0 bridgehead atoms. The van der Waals surface area contributed by atoms with Crippen molar-refractivity contribution in [1.29, 1.82) is 0 Å². The molecule has 10 rings (SSSR count). The molecule has 0 heteroatoms. The number of hydrogen-bond donors (Lipinski definition) is 0. The molecule has 0 heterocycles. The topological polar surface area (TPSA) is 0 Å². The molecule has 0 spiro atoms. The quantitative estimate of drug-likeness (QED) is 0.0527. The van der Waals surface area contributed by atoms with E-state index in [-0.39, 0.29) is 0 Å². The zero-order valence-corrected chi connectivity index (χ0v) is 58.3. The van der Waals surface area contributed by atoms with Crippen LogP contribution in [0.15, 0.2) is 157 Å². The maximum atomic E-state index is 4.44. The maximum Gasteiger partial charge on any atom is -0.0143 e.